The van der Waals surface area contributed by atoms with Crippen LogP contribution in [0.5, 0.6) is 0 Å². The second-order valence-electron chi connectivity index (χ2n) is 7.28. The molecule has 2 heterocycles. The number of carbonyl (C=O) groups excluding carboxylic acids is 2. The third kappa shape index (κ3) is 5.05. The van der Waals surface area contributed by atoms with Crippen LogP contribution in [0, 0.1) is 13.8 Å². The SMILES string of the molecule is Cc1cc(C)cc(CN2CCN(C(=O)COC[C@H]3CCCO3)CC2=O)c1. The molecule has 6 nitrogen and oxygen atoms in total. The van der Waals surface area contributed by atoms with Crippen molar-refractivity contribution in [3.05, 3.63) is 34.9 Å². The summed E-state index contributed by atoms with van der Waals surface area (Å²) in [5.41, 5.74) is 3.53. The molecular weight excluding hydrogens is 332 g/mol. The van der Waals surface area contributed by atoms with Crippen LogP contribution in [0.2, 0.25) is 0 Å². The lowest BCUT2D eigenvalue weighted by Crippen LogP contribution is -2.52. The molecule has 1 aromatic carbocycles. The first-order valence-corrected chi connectivity index (χ1v) is 9.33. The standard InChI is InChI=1S/C20H28N2O4/c1-15-8-16(2)10-17(9-15)11-21-5-6-22(12-19(21)23)20(24)14-25-13-18-4-3-7-26-18/h8-10,18H,3-7,11-14H2,1-2H3/t18-/m1/s1. The van der Waals surface area contributed by atoms with E-state index in [0.717, 1.165) is 25.0 Å². The maximum Gasteiger partial charge on any atom is 0.249 e. The minimum absolute atomic E-state index is 0.0112. The summed E-state index contributed by atoms with van der Waals surface area (Å²) in [6.07, 6.45) is 2.15. The summed E-state index contributed by atoms with van der Waals surface area (Å²) < 4.78 is 10.9. The Labute approximate surface area is 155 Å². The fourth-order valence-electron chi connectivity index (χ4n) is 3.61. The first-order valence-electron chi connectivity index (χ1n) is 9.33. The average Bonchev–Trinajstić information content (AvgIpc) is 3.09. The molecule has 0 aromatic heterocycles. The largest absolute Gasteiger partial charge is 0.376 e. The van der Waals surface area contributed by atoms with E-state index < -0.39 is 0 Å². The number of ether oxygens (including phenoxy) is 2. The van der Waals surface area contributed by atoms with Gasteiger partial charge in [0.2, 0.25) is 11.8 Å². The maximum atomic E-state index is 12.4. The average molecular weight is 360 g/mol. The van der Waals surface area contributed by atoms with E-state index in [0.29, 0.717) is 26.2 Å². The lowest BCUT2D eigenvalue weighted by Gasteiger charge is -2.34. The molecule has 6 heteroatoms. The van der Waals surface area contributed by atoms with Gasteiger partial charge in [0.25, 0.3) is 0 Å². The van der Waals surface area contributed by atoms with Gasteiger partial charge in [-0.3, -0.25) is 9.59 Å². The van der Waals surface area contributed by atoms with Gasteiger partial charge in [-0.05, 0) is 32.3 Å². The number of carbonyl (C=O) groups is 2. The summed E-state index contributed by atoms with van der Waals surface area (Å²) in [4.78, 5) is 28.1. The Morgan fingerprint density at radius 1 is 1.23 bits per heavy atom. The molecule has 0 N–H and O–H groups in total. The zero-order valence-corrected chi connectivity index (χ0v) is 15.7. The van der Waals surface area contributed by atoms with E-state index in [2.05, 4.69) is 32.0 Å². The molecule has 26 heavy (non-hydrogen) atoms. The van der Waals surface area contributed by atoms with Gasteiger partial charge in [-0.25, -0.2) is 0 Å². The number of hydrogen-bond donors (Lipinski definition) is 0. The van der Waals surface area contributed by atoms with E-state index in [-0.39, 0.29) is 31.1 Å². The number of piperazine rings is 1. The number of nitrogens with zero attached hydrogens (tertiary/aromatic N) is 2. The maximum absolute atomic E-state index is 12.4. The molecule has 142 valence electrons. The van der Waals surface area contributed by atoms with E-state index in [1.54, 1.807) is 4.90 Å². The van der Waals surface area contributed by atoms with Crippen LogP contribution >= 0.6 is 0 Å². The zero-order valence-electron chi connectivity index (χ0n) is 15.7. The van der Waals surface area contributed by atoms with Crippen LogP contribution < -0.4 is 0 Å². The zero-order chi connectivity index (χ0) is 18.5. The Hall–Kier alpha value is -1.92. The minimum atomic E-state index is -0.123. The lowest BCUT2D eigenvalue weighted by molar-refractivity contribution is -0.148. The highest BCUT2D eigenvalue weighted by atomic mass is 16.5. The van der Waals surface area contributed by atoms with Crippen LogP contribution in [-0.4, -0.2) is 67.2 Å². The first-order chi connectivity index (χ1) is 12.5. The van der Waals surface area contributed by atoms with E-state index in [9.17, 15) is 9.59 Å². The number of amides is 2. The topological polar surface area (TPSA) is 59.1 Å². The summed E-state index contributed by atoms with van der Waals surface area (Å²) in [7, 11) is 0. The predicted molar refractivity (Wildman–Crippen MR) is 97.7 cm³/mol. The predicted octanol–water partition coefficient (Wildman–Crippen LogP) is 1.67. The molecule has 0 aliphatic carbocycles. The third-order valence-electron chi connectivity index (χ3n) is 4.88. The van der Waals surface area contributed by atoms with Gasteiger partial charge in [0.15, 0.2) is 0 Å². The van der Waals surface area contributed by atoms with Crippen LogP contribution in [0.4, 0.5) is 0 Å². The van der Waals surface area contributed by atoms with Crippen molar-refractivity contribution in [2.24, 2.45) is 0 Å². The van der Waals surface area contributed by atoms with Crippen molar-refractivity contribution in [2.75, 3.05) is 39.5 Å². The molecule has 2 aliphatic heterocycles. The van der Waals surface area contributed by atoms with Crippen molar-refractivity contribution in [1.29, 1.82) is 0 Å². The van der Waals surface area contributed by atoms with Gasteiger partial charge >= 0.3 is 0 Å². The van der Waals surface area contributed by atoms with Crippen LogP contribution in [0.25, 0.3) is 0 Å². The van der Waals surface area contributed by atoms with E-state index in [1.807, 2.05) is 4.90 Å². The highest BCUT2D eigenvalue weighted by Crippen LogP contribution is 2.14. The van der Waals surface area contributed by atoms with E-state index >= 15 is 0 Å². The molecule has 0 spiro atoms. The van der Waals surface area contributed by atoms with Crippen LogP contribution in [-0.2, 0) is 25.6 Å². The summed E-state index contributed by atoms with van der Waals surface area (Å²) in [5.74, 6) is -0.134. The van der Waals surface area contributed by atoms with Gasteiger partial charge in [0, 0.05) is 26.2 Å². The van der Waals surface area contributed by atoms with Gasteiger partial charge in [-0.1, -0.05) is 29.3 Å². The number of benzene rings is 1. The Balaban J connectivity index is 1.45. The molecule has 2 fully saturated rings. The highest BCUT2D eigenvalue weighted by molar-refractivity contribution is 5.86. The van der Waals surface area contributed by atoms with Crippen molar-refractivity contribution in [2.45, 2.75) is 39.3 Å². The van der Waals surface area contributed by atoms with Gasteiger partial charge in [0.1, 0.15) is 6.61 Å². The normalized spacial score (nSPS) is 20.7. The second-order valence-corrected chi connectivity index (χ2v) is 7.28. The molecule has 0 saturated carbocycles. The van der Waals surface area contributed by atoms with Crippen molar-refractivity contribution >= 4 is 11.8 Å². The van der Waals surface area contributed by atoms with Gasteiger partial charge in [-0.15, -0.1) is 0 Å². The minimum Gasteiger partial charge on any atom is -0.376 e. The van der Waals surface area contributed by atoms with Crippen molar-refractivity contribution in [1.82, 2.24) is 9.80 Å². The fourth-order valence-corrected chi connectivity index (χ4v) is 3.61. The Kier molecular flexibility index (Phi) is 6.27. The lowest BCUT2D eigenvalue weighted by atomic mass is 10.1. The second kappa shape index (κ2) is 8.64. The van der Waals surface area contributed by atoms with Crippen molar-refractivity contribution in [3.63, 3.8) is 0 Å². The third-order valence-corrected chi connectivity index (χ3v) is 4.88. The van der Waals surface area contributed by atoms with Crippen LogP contribution in [0.3, 0.4) is 0 Å². The van der Waals surface area contributed by atoms with Crippen LogP contribution in [0.1, 0.15) is 29.5 Å². The molecular formula is C20H28N2O4. The van der Waals surface area contributed by atoms with Gasteiger partial charge < -0.3 is 19.3 Å². The molecule has 1 atom stereocenters. The molecule has 0 unspecified atom stereocenters. The monoisotopic (exact) mass is 360 g/mol. The molecule has 2 amide bonds. The van der Waals surface area contributed by atoms with Crippen LogP contribution in [0.15, 0.2) is 18.2 Å². The summed E-state index contributed by atoms with van der Waals surface area (Å²) in [6, 6.07) is 6.34. The molecule has 2 aliphatic rings. The first kappa shape index (κ1) is 18.9. The fraction of sp³-hybridized carbons (Fsp3) is 0.600. The Morgan fingerprint density at radius 3 is 2.65 bits per heavy atom. The molecule has 1 aromatic rings. The van der Waals surface area contributed by atoms with Gasteiger partial charge in [-0.2, -0.15) is 0 Å². The highest BCUT2D eigenvalue weighted by Gasteiger charge is 2.27. The quantitative estimate of drug-likeness (QED) is 0.774. The smallest absolute Gasteiger partial charge is 0.249 e. The number of aryl methyl sites for hydroxylation is 2. The summed E-state index contributed by atoms with van der Waals surface area (Å²) >= 11 is 0. The molecule has 3 rings (SSSR count). The molecule has 0 radical (unpaired) electrons. The summed E-state index contributed by atoms with van der Waals surface area (Å²) in [6.45, 7) is 7.21. The van der Waals surface area contributed by atoms with Crippen molar-refractivity contribution in [3.8, 4) is 0 Å². The number of rotatable bonds is 6. The van der Waals surface area contributed by atoms with Gasteiger partial charge in [0.05, 0.1) is 19.3 Å². The van der Waals surface area contributed by atoms with E-state index in [4.69, 9.17) is 9.47 Å². The summed E-state index contributed by atoms with van der Waals surface area (Å²) in [5, 5.41) is 0. The molecule has 0 bridgehead atoms. The Bertz CT molecular complexity index is 635. The van der Waals surface area contributed by atoms with E-state index in [1.165, 1.54) is 11.1 Å². The molecule has 2 saturated heterocycles. The van der Waals surface area contributed by atoms with Crippen molar-refractivity contribution < 1.29 is 19.1 Å². The Morgan fingerprint density at radius 2 is 2.00 bits per heavy atom. The number of hydrogen-bond acceptors (Lipinski definition) is 4.